The largest absolute Gasteiger partial charge is 0.313 e. The van der Waals surface area contributed by atoms with E-state index in [1.807, 2.05) is 0 Å². The van der Waals surface area contributed by atoms with E-state index in [0.29, 0.717) is 18.1 Å². The molecule has 0 spiro atoms. The van der Waals surface area contributed by atoms with E-state index < -0.39 is 0 Å². The zero-order chi connectivity index (χ0) is 11.4. The number of carbonyl (C=O) groups is 2. The third-order valence-electron chi connectivity index (χ3n) is 2.87. The van der Waals surface area contributed by atoms with Crippen LogP contribution in [0.4, 0.5) is 0 Å². The number of imide groups is 1. The highest BCUT2D eigenvalue weighted by molar-refractivity contribution is 8.00. The molecule has 2 amide bonds. The quantitative estimate of drug-likeness (QED) is 0.573. The van der Waals surface area contributed by atoms with Gasteiger partial charge in [-0.15, -0.1) is 11.8 Å². The Bertz CT molecular complexity index is 312. The molecule has 2 heterocycles. The Morgan fingerprint density at radius 2 is 2.06 bits per heavy atom. The van der Waals surface area contributed by atoms with Gasteiger partial charge in [-0.1, -0.05) is 11.6 Å². The maximum absolute atomic E-state index is 11.5. The molecule has 0 saturated carbocycles. The molecule has 1 fully saturated rings. The van der Waals surface area contributed by atoms with Crippen molar-refractivity contribution in [1.29, 1.82) is 0 Å². The van der Waals surface area contributed by atoms with Gasteiger partial charge in [0.2, 0.25) is 11.8 Å². The first-order valence-electron chi connectivity index (χ1n) is 5.57. The normalized spacial score (nSPS) is 22.2. The van der Waals surface area contributed by atoms with Gasteiger partial charge in [-0.05, 0) is 19.4 Å². The summed E-state index contributed by atoms with van der Waals surface area (Å²) in [5.74, 6) is 0.838. The van der Waals surface area contributed by atoms with Crippen molar-refractivity contribution in [3.05, 3.63) is 11.6 Å². The molecule has 5 heteroatoms. The van der Waals surface area contributed by atoms with Crippen LogP contribution in [-0.2, 0) is 9.59 Å². The molecule has 4 nitrogen and oxygen atoms in total. The molecule has 0 radical (unpaired) electrons. The van der Waals surface area contributed by atoms with Crippen LogP contribution in [0.15, 0.2) is 11.6 Å². The van der Waals surface area contributed by atoms with Crippen molar-refractivity contribution in [2.24, 2.45) is 0 Å². The lowest BCUT2D eigenvalue weighted by molar-refractivity contribution is -0.142. The van der Waals surface area contributed by atoms with Crippen LogP contribution in [0.25, 0.3) is 0 Å². The average Bonchev–Trinajstić information content (AvgIpc) is 2.30. The fraction of sp³-hybridized carbons (Fsp3) is 0.636. The van der Waals surface area contributed by atoms with Crippen molar-refractivity contribution in [1.82, 2.24) is 10.2 Å². The second-order valence-corrected chi connectivity index (χ2v) is 4.98. The third-order valence-corrected chi connectivity index (χ3v) is 3.77. The summed E-state index contributed by atoms with van der Waals surface area (Å²) >= 11 is 1.41. The fourth-order valence-electron chi connectivity index (χ4n) is 1.92. The van der Waals surface area contributed by atoms with Crippen molar-refractivity contribution < 1.29 is 9.59 Å². The molecule has 0 aromatic heterocycles. The molecular formula is C11H16N2O2S. The second kappa shape index (κ2) is 5.50. The van der Waals surface area contributed by atoms with Crippen LogP contribution in [0.2, 0.25) is 0 Å². The van der Waals surface area contributed by atoms with Gasteiger partial charge in [0.05, 0.1) is 11.5 Å². The van der Waals surface area contributed by atoms with Crippen LogP contribution in [-0.4, -0.2) is 47.9 Å². The predicted octanol–water partition coefficient (Wildman–Crippen LogP) is 0.398. The molecule has 2 aliphatic rings. The maximum atomic E-state index is 11.5. The first-order chi connectivity index (χ1) is 7.77. The first-order valence-corrected chi connectivity index (χ1v) is 6.72. The Balaban J connectivity index is 1.86. The van der Waals surface area contributed by atoms with E-state index in [-0.39, 0.29) is 11.8 Å². The van der Waals surface area contributed by atoms with E-state index in [1.165, 1.54) is 22.2 Å². The Kier molecular flexibility index (Phi) is 4.01. The summed E-state index contributed by atoms with van der Waals surface area (Å²) in [5, 5.41) is 3.24. The summed E-state index contributed by atoms with van der Waals surface area (Å²) in [6.45, 7) is 2.47. The van der Waals surface area contributed by atoms with E-state index in [9.17, 15) is 9.59 Å². The zero-order valence-corrected chi connectivity index (χ0v) is 10.0. The summed E-state index contributed by atoms with van der Waals surface area (Å²) in [6.07, 6.45) is 4.03. The Morgan fingerprint density at radius 1 is 1.31 bits per heavy atom. The minimum Gasteiger partial charge on any atom is -0.313 e. The molecule has 0 aromatic carbocycles. The molecule has 0 unspecified atom stereocenters. The van der Waals surface area contributed by atoms with E-state index in [0.717, 1.165) is 25.9 Å². The van der Waals surface area contributed by atoms with Gasteiger partial charge in [0.25, 0.3) is 0 Å². The topological polar surface area (TPSA) is 49.4 Å². The van der Waals surface area contributed by atoms with Crippen LogP contribution in [0, 0.1) is 0 Å². The van der Waals surface area contributed by atoms with Crippen LogP contribution in [0.3, 0.4) is 0 Å². The van der Waals surface area contributed by atoms with Crippen LogP contribution < -0.4 is 5.32 Å². The maximum Gasteiger partial charge on any atom is 0.239 e. The summed E-state index contributed by atoms with van der Waals surface area (Å²) in [4.78, 5) is 24.5. The van der Waals surface area contributed by atoms with E-state index in [2.05, 4.69) is 11.4 Å². The van der Waals surface area contributed by atoms with Gasteiger partial charge < -0.3 is 5.32 Å². The number of hydrogen-bond acceptors (Lipinski definition) is 4. The molecule has 2 rings (SSSR count). The second-order valence-electron chi connectivity index (χ2n) is 4.00. The summed E-state index contributed by atoms with van der Waals surface area (Å²) < 4.78 is 0. The molecule has 0 bridgehead atoms. The Labute approximate surface area is 99.4 Å². The van der Waals surface area contributed by atoms with Gasteiger partial charge in [-0.25, -0.2) is 0 Å². The number of nitrogens with zero attached hydrogens (tertiary/aromatic N) is 1. The number of rotatable bonds is 3. The van der Waals surface area contributed by atoms with E-state index in [4.69, 9.17) is 0 Å². The number of amides is 2. The summed E-state index contributed by atoms with van der Waals surface area (Å²) in [6, 6.07) is 0. The molecule has 1 N–H and O–H groups in total. The minimum absolute atomic E-state index is 0.0317. The smallest absolute Gasteiger partial charge is 0.239 e. The first kappa shape index (κ1) is 11.7. The molecule has 88 valence electrons. The minimum atomic E-state index is -0.0317. The highest BCUT2D eigenvalue weighted by atomic mass is 32.2. The van der Waals surface area contributed by atoms with E-state index in [1.54, 1.807) is 0 Å². The number of nitrogens with one attached hydrogen (secondary N) is 1. The Morgan fingerprint density at radius 3 is 2.69 bits per heavy atom. The van der Waals surface area contributed by atoms with Gasteiger partial charge in [-0.2, -0.15) is 0 Å². The van der Waals surface area contributed by atoms with Gasteiger partial charge >= 0.3 is 0 Å². The highest BCUT2D eigenvalue weighted by Gasteiger charge is 2.25. The molecule has 0 aromatic rings. The number of thioether (sulfide) groups is 1. The van der Waals surface area contributed by atoms with Crippen molar-refractivity contribution >= 4 is 23.6 Å². The van der Waals surface area contributed by atoms with Crippen LogP contribution in [0.5, 0.6) is 0 Å². The molecule has 1 saturated heterocycles. The lowest BCUT2D eigenvalue weighted by Crippen LogP contribution is -2.43. The summed E-state index contributed by atoms with van der Waals surface area (Å²) in [5.41, 5.74) is 1.36. The molecular weight excluding hydrogens is 224 g/mol. The van der Waals surface area contributed by atoms with Gasteiger partial charge in [0.1, 0.15) is 0 Å². The number of hydrogen-bond donors (Lipinski definition) is 1. The predicted molar refractivity (Wildman–Crippen MR) is 64.2 cm³/mol. The van der Waals surface area contributed by atoms with Crippen LogP contribution in [0.1, 0.15) is 12.8 Å². The lowest BCUT2D eigenvalue weighted by atomic mass is 10.1. The Hall–Kier alpha value is -0.810. The fourth-order valence-corrected chi connectivity index (χ4v) is 2.68. The van der Waals surface area contributed by atoms with Gasteiger partial charge in [-0.3, -0.25) is 14.5 Å². The summed E-state index contributed by atoms with van der Waals surface area (Å²) in [7, 11) is 0. The van der Waals surface area contributed by atoms with E-state index >= 15 is 0 Å². The molecule has 2 aliphatic heterocycles. The number of carbonyl (C=O) groups excluding carboxylic acids is 2. The third kappa shape index (κ3) is 2.86. The molecule has 0 atom stereocenters. The van der Waals surface area contributed by atoms with Gasteiger partial charge in [0.15, 0.2) is 0 Å². The lowest BCUT2D eigenvalue weighted by Gasteiger charge is -2.25. The van der Waals surface area contributed by atoms with Crippen molar-refractivity contribution in [2.75, 3.05) is 31.1 Å². The van der Waals surface area contributed by atoms with Crippen molar-refractivity contribution in [2.45, 2.75) is 12.8 Å². The van der Waals surface area contributed by atoms with Gasteiger partial charge in [0, 0.05) is 13.1 Å². The van der Waals surface area contributed by atoms with Crippen molar-refractivity contribution in [3.8, 4) is 0 Å². The monoisotopic (exact) mass is 240 g/mol. The highest BCUT2D eigenvalue weighted by Crippen LogP contribution is 2.15. The van der Waals surface area contributed by atoms with Crippen LogP contribution >= 0.6 is 11.8 Å². The van der Waals surface area contributed by atoms with Crippen molar-refractivity contribution in [3.63, 3.8) is 0 Å². The molecule has 0 aliphatic carbocycles. The standard InChI is InChI=1S/C11H16N2O2S/c14-10-7-16-8-11(15)13(10)6-3-9-1-4-12-5-2-9/h1,12H,2-8H2. The zero-order valence-electron chi connectivity index (χ0n) is 9.20. The molecule has 16 heavy (non-hydrogen) atoms. The SMILES string of the molecule is O=C1CSCC(=O)N1CCC1=CCNCC1. The average molecular weight is 240 g/mol.